The zero-order chi connectivity index (χ0) is 26.9. The fraction of sp³-hybridized carbons (Fsp3) is 0.267. The van der Waals surface area contributed by atoms with Crippen LogP contribution >= 0.6 is 0 Å². The number of carboxylic acid groups (broad SMARTS) is 1. The molecule has 0 amide bonds. The molecule has 0 aliphatic heterocycles. The molecule has 0 radical (unpaired) electrons. The molecule has 1 aliphatic carbocycles. The summed E-state index contributed by atoms with van der Waals surface area (Å²) in [5.74, 6) is -1.92. The van der Waals surface area contributed by atoms with Crippen LogP contribution in [-0.2, 0) is 21.2 Å². The molecule has 4 aromatic rings. The number of aliphatic carboxylic acids is 1. The number of aromatic nitrogens is 1. The largest absolute Gasteiger partial charge is 0.486 e. The molecular weight excluding hydrogens is 500 g/mol. The van der Waals surface area contributed by atoms with Crippen molar-refractivity contribution in [2.45, 2.75) is 54.9 Å². The Hall–Kier alpha value is -3.91. The first-order valence-electron chi connectivity index (χ1n) is 12.7. The number of hydrogen-bond donors (Lipinski definition) is 2. The van der Waals surface area contributed by atoms with Crippen molar-refractivity contribution in [3.05, 3.63) is 89.6 Å². The SMILES string of the molecule is Cc1ccc(S(=O)(=O)c2c(OCc3ccc4ccccc4n3)ccc(C(C(=O)O)C3CCCC3)c2N)cc1. The standard InChI is InChI=1S/C30H30N2O5S/c1-19-10-14-23(15-11-19)38(35,36)29-26(37-18-22-13-12-20-6-4-5-9-25(20)32-22)17-16-24(28(29)31)27(30(33)34)21-7-2-3-8-21/h4-6,9-17,21,27H,2-3,7-8,18,31H2,1H3,(H,33,34). The molecule has 1 unspecified atom stereocenters. The van der Waals surface area contributed by atoms with Gasteiger partial charge in [-0.05, 0) is 61.6 Å². The van der Waals surface area contributed by atoms with Crippen LogP contribution in [0.15, 0.2) is 82.6 Å². The number of benzene rings is 3. The quantitative estimate of drug-likeness (QED) is 0.272. The van der Waals surface area contributed by atoms with Crippen molar-refractivity contribution in [2.75, 3.05) is 5.73 Å². The van der Waals surface area contributed by atoms with Crippen molar-refractivity contribution in [3.8, 4) is 5.75 Å². The maximum atomic E-state index is 13.9. The van der Waals surface area contributed by atoms with Gasteiger partial charge in [0.15, 0.2) is 0 Å². The van der Waals surface area contributed by atoms with E-state index in [1.807, 2.05) is 43.3 Å². The number of para-hydroxylation sites is 1. The van der Waals surface area contributed by atoms with Gasteiger partial charge in [-0.3, -0.25) is 4.79 Å². The molecule has 38 heavy (non-hydrogen) atoms. The van der Waals surface area contributed by atoms with E-state index in [0.29, 0.717) is 11.3 Å². The summed E-state index contributed by atoms with van der Waals surface area (Å²) in [6, 6.07) is 21.1. The molecule has 1 fully saturated rings. The van der Waals surface area contributed by atoms with E-state index in [0.717, 1.165) is 42.1 Å². The number of anilines is 1. The minimum absolute atomic E-state index is 0.0189. The van der Waals surface area contributed by atoms with E-state index in [2.05, 4.69) is 4.98 Å². The number of fused-ring (bicyclic) bond motifs is 1. The second-order valence-corrected chi connectivity index (χ2v) is 11.7. The Morgan fingerprint density at radius 2 is 1.74 bits per heavy atom. The summed E-state index contributed by atoms with van der Waals surface area (Å²) in [6.07, 6.45) is 3.43. The smallest absolute Gasteiger partial charge is 0.311 e. The van der Waals surface area contributed by atoms with Gasteiger partial charge in [0.1, 0.15) is 17.3 Å². The topological polar surface area (TPSA) is 120 Å². The van der Waals surface area contributed by atoms with Gasteiger partial charge in [0.25, 0.3) is 0 Å². The maximum Gasteiger partial charge on any atom is 0.311 e. The van der Waals surface area contributed by atoms with E-state index >= 15 is 0 Å². The minimum atomic E-state index is -4.12. The molecule has 196 valence electrons. The van der Waals surface area contributed by atoms with E-state index in [9.17, 15) is 18.3 Å². The van der Waals surface area contributed by atoms with Crippen LogP contribution < -0.4 is 10.5 Å². The number of rotatable bonds is 8. The third-order valence-corrected chi connectivity index (χ3v) is 9.15. The Balaban J connectivity index is 1.59. The number of ether oxygens (including phenoxy) is 1. The lowest BCUT2D eigenvalue weighted by molar-refractivity contribution is -0.140. The second-order valence-electron chi connectivity index (χ2n) is 9.86. The lowest BCUT2D eigenvalue weighted by atomic mass is 9.84. The molecule has 1 saturated carbocycles. The van der Waals surface area contributed by atoms with E-state index in [4.69, 9.17) is 10.5 Å². The normalized spacial score (nSPS) is 15.0. The molecule has 1 heterocycles. The van der Waals surface area contributed by atoms with E-state index in [1.165, 1.54) is 18.2 Å². The Morgan fingerprint density at radius 1 is 1.03 bits per heavy atom. The number of sulfone groups is 1. The van der Waals surface area contributed by atoms with Crippen molar-refractivity contribution >= 4 is 32.4 Å². The zero-order valence-electron chi connectivity index (χ0n) is 21.1. The van der Waals surface area contributed by atoms with E-state index in [1.54, 1.807) is 18.2 Å². The van der Waals surface area contributed by atoms with Crippen molar-refractivity contribution in [2.24, 2.45) is 5.92 Å². The summed E-state index contributed by atoms with van der Waals surface area (Å²) in [6.45, 7) is 1.89. The minimum Gasteiger partial charge on any atom is -0.486 e. The van der Waals surface area contributed by atoms with Gasteiger partial charge in [0.05, 0.1) is 27.7 Å². The summed E-state index contributed by atoms with van der Waals surface area (Å²) in [5.41, 5.74) is 9.13. The van der Waals surface area contributed by atoms with Crippen LogP contribution in [0.2, 0.25) is 0 Å². The molecule has 3 aromatic carbocycles. The average Bonchev–Trinajstić information content (AvgIpc) is 3.43. The fourth-order valence-electron chi connectivity index (χ4n) is 5.31. The number of carboxylic acids is 1. The summed E-state index contributed by atoms with van der Waals surface area (Å²) >= 11 is 0. The molecule has 1 aromatic heterocycles. The number of carbonyl (C=O) groups is 1. The van der Waals surface area contributed by atoms with Crippen molar-refractivity contribution in [1.29, 1.82) is 0 Å². The average molecular weight is 531 g/mol. The van der Waals surface area contributed by atoms with Gasteiger partial charge in [-0.25, -0.2) is 13.4 Å². The molecule has 1 atom stereocenters. The predicted octanol–water partition coefficient (Wildman–Crippen LogP) is 5.90. The van der Waals surface area contributed by atoms with Gasteiger partial charge >= 0.3 is 5.97 Å². The molecule has 5 rings (SSSR count). The van der Waals surface area contributed by atoms with Crippen molar-refractivity contribution in [1.82, 2.24) is 4.98 Å². The van der Waals surface area contributed by atoms with Gasteiger partial charge in [-0.15, -0.1) is 0 Å². The molecule has 0 saturated heterocycles. The van der Waals surface area contributed by atoms with Crippen LogP contribution in [-0.4, -0.2) is 24.5 Å². The number of nitrogen functional groups attached to an aromatic ring is 1. The van der Waals surface area contributed by atoms with Crippen LogP contribution in [0.3, 0.4) is 0 Å². The highest BCUT2D eigenvalue weighted by molar-refractivity contribution is 7.91. The van der Waals surface area contributed by atoms with Crippen molar-refractivity contribution in [3.63, 3.8) is 0 Å². The van der Waals surface area contributed by atoms with Crippen LogP contribution in [0.4, 0.5) is 5.69 Å². The maximum absolute atomic E-state index is 13.9. The Bertz CT molecular complexity index is 1590. The summed E-state index contributed by atoms with van der Waals surface area (Å²) < 4.78 is 33.9. The highest BCUT2D eigenvalue weighted by atomic mass is 32.2. The Morgan fingerprint density at radius 3 is 2.45 bits per heavy atom. The number of hydrogen-bond acceptors (Lipinski definition) is 6. The van der Waals surface area contributed by atoms with Crippen LogP contribution in [0.25, 0.3) is 10.9 Å². The van der Waals surface area contributed by atoms with Gasteiger partial charge < -0.3 is 15.6 Å². The monoisotopic (exact) mass is 530 g/mol. The summed E-state index contributed by atoms with van der Waals surface area (Å²) in [4.78, 5) is 16.8. The summed E-state index contributed by atoms with van der Waals surface area (Å²) in [7, 11) is -4.12. The molecule has 3 N–H and O–H groups in total. The number of nitrogens with zero attached hydrogens (tertiary/aromatic N) is 1. The highest BCUT2D eigenvalue weighted by Crippen LogP contribution is 2.44. The van der Waals surface area contributed by atoms with Crippen LogP contribution in [0.1, 0.15) is 48.4 Å². The lowest BCUT2D eigenvalue weighted by Gasteiger charge is -2.24. The predicted molar refractivity (Wildman–Crippen MR) is 146 cm³/mol. The third kappa shape index (κ3) is 4.96. The van der Waals surface area contributed by atoms with E-state index in [-0.39, 0.29) is 33.8 Å². The van der Waals surface area contributed by atoms with Crippen molar-refractivity contribution < 1.29 is 23.1 Å². The van der Waals surface area contributed by atoms with E-state index < -0.39 is 21.7 Å². The second kappa shape index (κ2) is 10.5. The van der Waals surface area contributed by atoms with Gasteiger partial charge in [-0.2, -0.15) is 0 Å². The first kappa shape index (κ1) is 25.7. The first-order chi connectivity index (χ1) is 18.3. The highest BCUT2D eigenvalue weighted by Gasteiger charge is 2.36. The number of aryl methyl sites for hydroxylation is 1. The molecule has 1 aliphatic rings. The molecule has 7 nitrogen and oxygen atoms in total. The zero-order valence-corrected chi connectivity index (χ0v) is 21.9. The lowest BCUT2D eigenvalue weighted by Crippen LogP contribution is -2.22. The molecule has 0 bridgehead atoms. The van der Waals surface area contributed by atoms with Gasteiger partial charge in [0, 0.05) is 5.39 Å². The molecule has 8 heteroatoms. The number of nitrogens with two attached hydrogens (primary N) is 1. The van der Waals surface area contributed by atoms with Crippen LogP contribution in [0.5, 0.6) is 5.75 Å². The summed E-state index contributed by atoms with van der Waals surface area (Å²) in [5, 5.41) is 11.1. The van der Waals surface area contributed by atoms with Crippen LogP contribution in [0, 0.1) is 12.8 Å². The Labute approximate surface area is 222 Å². The first-order valence-corrected chi connectivity index (χ1v) is 14.2. The number of pyridine rings is 1. The molecule has 0 spiro atoms. The van der Waals surface area contributed by atoms with Gasteiger partial charge in [-0.1, -0.05) is 60.9 Å². The Kier molecular flexibility index (Phi) is 7.08. The third-order valence-electron chi connectivity index (χ3n) is 7.30. The molecular formula is C30H30N2O5S. The van der Waals surface area contributed by atoms with Gasteiger partial charge in [0.2, 0.25) is 9.84 Å². The fourth-order valence-corrected chi connectivity index (χ4v) is 6.84.